The second-order valence-corrected chi connectivity index (χ2v) is 5.43. The molecule has 0 spiro atoms. The Balaban J connectivity index is 2.58. The number of amides is 1. The predicted octanol–water partition coefficient (Wildman–Crippen LogP) is 2.44. The maximum atomic E-state index is 11.9. The van der Waals surface area contributed by atoms with Gasteiger partial charge in [-0.2, -0.15) is 0 Å². The highest BCUT2D eigenvalue weighted by Crippen LogP contribution is 2.09. The first-order valence-electron chi connectivity index (χ1n) is 5.52. The van der Waals surface area contributed by atoms with Gasteiger partial charge in [0.25, 0.3) is 5.91 Å². The van der Waals surface area contributed by atoms with E-state index in [9.17, 15) is 4.79 Å². The summed E-state index contributed by atoms with van der Waals surface area (Å²) in [6.07, 6.45) is 0. The predicted molar refractivity (Wildman–Crippen MR) is 72.8 cm³/mol. The lowest BCUT2D eigenvalue weighted by Gasteiger charge is -2.11. The molecular formula is C13H18BrNO2. The molecule has 1 amide bonds. The van der Waals surface area contributed by atoms with E-state index in [1.807, 2.05) is 26.0 Å². The molecule has 3 nitrogen and oxygen atoms in total. The van der Waals surface area contributed by atoms with Gasteiger partial charge in [-0.15, -0.1) is 0 Å². The molecule has 4 heteroatoms. The van der Waals surface area contributed by atoms with Crippen LogP contribution in [0.25, 0.3) is 0 Å². The smallest absolute Gasteiger partial charge is 0.251 e. The molecule has 0 fully saturated rings. The number of aryl methyl sites for hydroxylation is 2. The van der Waals surface area contributed by atoms with Crippen molar-refractivity contribution in [1.82, 2.24) is 5.32 Å². The van der Waals surface area contributed by atoms with E-state index in [2.05, 4.69) is 27.3 Å². The number of benzene rings is 1. The van der Waals surface area contributed by atoms with E-state index in [1.54, 1.807) is 7.11 Å². The van der Waals surface area contributed by atoms with E-state index in [0.29, 0.717) is 18.7 Å². The average molecular weight is 300 g/mol. The van der Waals surface area contributed by atoms with Crippen LogP contribution in [0, 0.1) is 13.8 Å². The molecule has 1 rings (SSSR count). The van der Waals surface area contributed by atoms with Crippen molar-refractivity contribution in [3.8, 4) is 0 Å². The molecular weight excluding hydrogens is 282 g/mol. The molecule has 0 aliphatic carbocycles. The zero-order valence-electron chi connectivity index (χ0n) is 10.4. The highest BCUT2D eigenvalue weighted by atomic mass is 79.9. The molecule has 1 unspecified atom stereocenters. The van der Waals surface area contributed by atoms with E-state index >= 15 is 0 Å². The molecule has 0 aliphatic rings. The summed E-state index contributed by atoms with van der Waals surface area (Å²) in [5.41, 5.74) is 2.91. The highest BCUT2D eigenvalue weighted by Gasteiger charge is 2.09. The Hall–Kier alpha value is -0.870. The Morgan fingerprint density at radius 2 is 1.94 bits per heavy atom. The topological polar surface area (TPSA) is 38.3 Å². The van der Waals surface area contributed by atoms with Crippen LogP contribution < -0.4 is 5.32 Å². The molecule has 0 radical (unpaired) electrons. The summed E-state index contributed by atoms with van der Waals surface area (Å²) in [6.45, 7) is 5.11. The van der Waals surface area contributed by atoms with Crippen LogP contribution in [0.3, 0.4) is 0 Å². The Morgan fingerprint density at radius 3 is 2.47 bits per heavy atom. The summed E-state index contributed by atoms with van der Waals surface area (Å²) in [6, 6.07) is 5.83. The summed E-state index contributed by atoms with van der Waals surface area (Å²) in [5.74, 6) is -0.0441. The van der Waals surface area contributed by atoms with Crippen molar-refractivity contribution in [2.75, 3.05) is 20.3 Å². The second kappa shape index (κ2) is 6.77. The number of methoxy groups -OCH3 is 1. The summed E-state index contributed by atoms with van der Waals surface area (Å²) < 4.78 is 4.98. The van der Waals surface area contributed by atoms with E-state index in [-0.39, 0.29) is 10.7 Å². The molecule has 1 atom stereocenters. The SMILES string of the molecule is COCC(Br)CNC(=O)c1cc(C)cc(C)c1. The van der Waals surface area contributed by atoms with Crippen molar-refractivity contribution >= 4 is 21.8 Å². The zero-order chi connectivity index (χ0) is 12.8. The van der Waals surface area contributed by atoms with Gasteiger partial charge in [-0.25, -0.2) is 0 Å². The van der Waals surface area contributed by atoms with E-state index in [0.717, 1.165) is 11.1 Å². The summed E-state index contributed by atoms with van der Waals surface area (Å²) >= 11 is 3.43. The summed E-state index contributed by atoms with van der Waals surface area (Å²) in [7, 11) is 1.64. The number of hydrogen-bond donors (Lipinski definition) is 1. The molecule has 94 valence electrons. The van der Waals surface area contributed by atoms with E-state index in [4.69, 9.17) is 4.74 Å². The van der Waals surface area contributed by atoms with Gasteiger partial charge in [-0.1, -0.05) is 33.1 Å². The third-order valence-corrected chi connectivity index (χ3v) is 2.90. The van der Waals surface area contributed by atoms with Crippen molar-refractivity contribution < 1.29 is 9.53 Å². The Kier molecular flexibility index (Phi) is 5.65. The molecule has 1 N–H and O–H groups in total. The van der Waals surface area contributed by atoms with Crippen molar-refractivity contribution in [1.29, 1.82) is 0 Å². The number of nitrogens with one attached hydrogen (secondary N) is 1. The monoisotopic (exact) mass is 299 g/mol. The van der Waals surface area contributed by atoms with E-state index < -0.39 is 0 Å². The van der Waals surface area contributed by atoms with Crippen LogP contribution in [-0.4, -0.2) is 31.0 Å². The van der Waals surface area contributed by atoms with Gasteiger partial charge in [0.2, 0.25) is 0 Å². The van der Waals surface area contributed by atoms with Crippen LogP contribution >= 0.6 is 15.9 Å². The minimum Gasteiger partial charge on any atom is -0.383 e. The first-order chi connectivity index (χ1) is 8.02. The Labute approximate surface area is 111 Å². The van der Waals surface area contributed by atoms with Crippen LogP contribution in [0.5, 0.6) is 0 Å². The molecule has 0 saturated heterocycles. The van der Waals surface area contributed by atoms with Crippen LogP contribution in [0.1, 0.15) is 21.5 Å². The second-order valence-electron chi connectivity index (χ2n) is 4.14. The van der Waals surface area contributed by atoms with Gasteiger partial charge in [-0.05, 0) is 26.0 Å². The van der Waals surface area contributed by atoms with Gasteiger partial charge in [0.15, 0.2) is 0 Å². The summed E-state index contributed by atoms with van der Waals surface area (Å²) in [5, 5.41) is 2.87. The van der Waals surface area contributed by atoms with Crippen LogP contribution in [0.2, 0.25) is 0 Å². The van der Waals surface area contributed by atoms with Gasteiger partial charge in [0.05, 0.1) is 11.4 Å². The molecule has 0 heterocycles. The van der Waals surface area contributed by atoms with Gasteiger partial charge >= 0.3 is 0 Å². The van der Waals surface area contributed by atoms with Crippen molar-refractivity contribution in [3.63, 3.8) is 0 Å². The van der Waals surface area contributed by atoms with Crippen molar-refractivity contribution in [2.24, 2.45) is 0 Å². The fraction of sp³-hybridized carbons (Fsp3) is 0.462. The Morgan fingerprint density at radius 1 is 1.35 bits per heavy atom. The van der Waals surface area contributed by atoms with Gasteiger partial charge in [0.1, 0.15) is 0 Å². The van der Waals surface area contributed by atoms with Crippen LogP contribution in [0.4, 0.5) is 0 Å². The fourth-order valence-corrected chi connectivity index (χ4v) is 2.08. The lowest BCUT2D eigenvalue weighted by molar-refractivity contribution is 0.0950. The van der Waals surface area contributed by atoms with Gasteiger partial charge in [0, 0.05) is 19.2 Å². The first-order valence-corrected chi connectivity index (χ1v) is 6.44. The molecule has 0 aromatic heterocycles. The van der Waals surface area contributed by atoms with Crippen molar-refractivity contribution in [3.05, 3.63) is 34.9 Å². The first kappa shape index (κ1) is 14.2. The van der Waals surface area contributed by atoms with Crippen molar-refractivity contribution in [2.45, 2.75) is 18.7 Å². The Bertz CT molecular complexity index is 373. The number of hydrogen-bond acceptors (Lipinski definition) is 2. The van der Waals surface area contributed by atoms with Crippen LogP contribution in [0.15, 0.2) is 18.2 Å². The maximum Gasteiger partial charge on any atom is 0.251 e. The summed E-state index contributed by atoms with van der Waals surface area (Å²) in [4.78, 5) is 12.0. The average Bonchev–Trinajstić information content (AvgIpc) is 2.25. The number of carbonyl (C=O) groups is 1. The minimum atomic E-state index is -0.0441. The van der Waals surface area contributed by atoms with Crippen LogP contribution in [-0.2, 0) is 4.74 Å². The maximum absolute atomic E-state index is 11.9. The minimum absolute atomic E-state index is 0.0441. The third-order valence-electron chi connectivity index (χ3n) is 2.32. The molecule has 0 saturated carbocycles. The normalized spacial score (nSPS) is 12.2. The van der Waals surface area contributed by atoms with E-state index in [1.165, 1.54) is 0 Å². The highest BCUT2D eigenvalue weighted by molar-refractivity contribution is 9.09. The fourth-order valence-electron chi connectivity index (χ4n) is 1.65. The molecule has 0 aliphatic heterocycles. The molecule has 1 aromatic rings. The molecule has 17 heavy (non-hydrogen) atoms. The quantitative estimate of drug-likeness (QED) is 0.848. The van der Waals surface area contributed by atoms with Gasteiger partial charge in [-0.3, -0.25) is 4.79 Å². The number of carbonyl (C=O) groups excluding carboxylic acids is 1. The lowest BCUT2D eigenvalue weighted by atomic mass is 10.1. The number of halogens is 1. The number of ether oxygens (including phenoxy) is 1. The third kappa shape index (κ3) is 4.88. The largest absolute Gasteiger partial charge is 0.383 e. The lowest BCUT2D eigenvalue weighted by Crippen LogP contribution is -2.31. The zero-order valence-corrected chi connectivity index (χ0v) is 12.0. The molecule has 0 bridgehead atoms. The number of alkyl halides is 1. The molecule has 1 aromatic carbocycles. The number of rotatable bonds is 5. The standard InChI is InChI=1S/C13H18BrNO2/c1-9-4-10(2)6-11(5-9)13(16)15-7-12(14)8-17-3/h4-6,12H,7-8H2,1-3H3,(H,15,16). The van der Waals surface area contributed by atoms with Gasteiger partial charge < -0.3 is 10.1 Å².